The minimum atomic E-state index is -1.01. The maximum absolute atomic E-state index is 12.5. The van der Waals surface area contributed by atoms with Crippen molar-refractivity contribution in [1.82, 2.24) is 5.32 Å². The van der Waals surface area contributed by atoms with Gasteiger partial charge in [0.05, 0.1) is 18.7 Å². The van der Waals surface area contributed by atoms with Gasteiger partial charge in [0, 0.05) is 11.1 Å². The van der Waals surface area contributed by atoms with Crippen molar-refractivity contribution < 1.29 is 24.2 Å². The number of fused-ring (bicyclic) bond motifs is 1. The van der Waals surface area contributed by atoms with Gasteiger partial charge in [0.1, 0.15) is 6.61 Å². The number of hydrogen-bond donors (Lipinski definition) is 2. The fourth-order valence-corrected chi connectivity index (χ4v) is 2.96. The number of aryl methyl sites for hydroxylation is 1. The lowest BCUT2D eigenvalue weighted by molar-refractivity contribution is 0.0696. The smallest absolute Gasteiger partial charge is 0.335 e. The Labute approximate surface area is 145 Å². The Morgan fingerprint density at radius 2 is 2.08 bits per heavy atom. The Bertz CT molecular complexity index is 831. The van der Waals surface area contributed by atoms with Gasteiger partial charge in [-0.25, -0.2) is 4.79 Å². The van der Waals surface area contributed by atoms with Crippen LogP contribution in [0, 0.1) is 6.92 Å². The lowest BCUT2D eigenvalue weighted by Crippen LogP contribution is -2.43. The summed E-state index contributed by atoms with van der Waals surface area (Å²) in [5, 5.41) is 12.0. The Balaban J connectivity index is 1.73. The van der Waals surface area contributed by atoms with Crippen LogP contribution in [0.15, 0.2) is 36.4 Å². The van der Waals surface area contributed by atoms with Gasteiger partial charge >= 0.3 is 5.97 Å². The Hall–Kier alpha value is -3.02. The van der Waals surface area contributed by atoms with Crippen LogP contribution in [0.2, 0.25) is 0 Å². The highest BCUT2D eigenvalue weighted by atomic mass is 16.5. The summed E-state index contributed by atoms with van der Waals surface area (Å²) in [5.41, 5.74) is 2.22. The zero-order valence-electron chi connectivity index (χ0n) is 14.0. The third-order valence-corrected chi connectivity index (χ3v) is 4.23. The van der Waals surface area contributed by atoms with Gasteiger partial charge in [0.15, 0.2) is 11.5 Å². The van der Waals surface area contributed by atoms with Crippen LogP contribution in [0.25, 0.3) is 0 Å². The molecule has 1 atom stereocenters. The molecule has 6 heteroatoms. The van der Waals surface area contributed by atoms with E-state index in [4.69, 9.17) is 14.6 Å². The summed E-state index contributed by atoms with van der Waals surface area (Å²) < 4.78 is 11.0. The van der Waals surface area contributed by atoms with Gasteiger partial charge in [-0.2, -0.15) is 0 Å². The molecule has 2 N–H and O–H groups in total. The van der Waals surface area contributed by atoms with Gasteiger partial charge in [-0.05, 0) is 43.2 Å². The monoisotopic (exact) mass is 341 g/mol. The van der Waals surface area contributed by atoms with Crippen LogP contribution < -0.4 is 14.8 Å². The molecule has 1 amide bonds. The van der Waals surface area contributed by atoms with E-state index in [1.54, 1.807) is 14.0 Å². The van der Waals surface area contributed by atoms with Crippen LogP contribution in [0.4, 0.5) is 0 Å². The van der Waals surface area contributed by atoms with Crippen LogP contribution in [0.3, 0.4) is 0 Å². The summed E-state index contributed by atoms with van der Waals surface area (Å²) in [6, 6.07) is 9.98. The second-order valence-electron chi connectivity index (χ2n) is 5.97. The molecule has 6 nitrogen and oxygen atoms in total. The fraction of sp³-hybridized carbons (Fsp3) is 0.263. The predicted molar refractivity (Wildman–Crippen MR) is 91.6 cm³/mol. The molecule has 3 rings (SSSR count). The SMILES string of the molecule is COc1cccc2c1OCC(NC(=O)c1ccc(C(=O)O)cc1C)C2. The van der Waals surface area contributed by atoms with E-state index in [0.717, 1.165) is 11.3 Å². The fourth-order valence-electron chi connectivity index (χ4n) is 2.96. The lowest BCUT2D eigenvalue weighted by atomic mass is 10.0. The van der Waals surface area contributed by atoms with Crippen molar-refractivity contribution in [2.45, 2.75) is 19.4 Å². The van der Waals surface area contributed by atoms with Gasteiger partial charge in [-0.3, -0.25) is 4.79 Å². The first-order chi connectivity index (χ1) is 12.0. The molecule has 130 valence electrons. The minimum absolute atomic E-state index is 0.161. The summed E-state index contributed by atoms with van der Waals surface area (Å²) in [7, 11) is 1.59. The normalized spacial score (nSPS) is 15.7. The van der Waals surface area contributed by atoms with Crippen molar-refractivity contribution in [3.63, 3.8) is 0 Å². The number of benzene rings is 2. The van der Waals surface area contributed by atoms with Crippen LogP contribution in [0.5, 0.6) is 11.5 Å². The second kappa shape index (κ2) is 6.84. The predicted octanol–water partition coefficient (Wildman–Crippen LogP) is 2.44. The average Bonchev–Trinajstić information content (AvgIpc) is 2.60. The minimum Gasteiger partial charge on any atom is -0.493 e. The number of methoxy groups -OCH3 is 1. The number of amides is 1. The van der Waals surface area contributed by atoms with Gasteiger partial charge in [-0.15, -0.1) is 0 Å². The molecule has 0 aliphatic carbocycles. The van der Waals surface area contributed by atoms with Crippen molar-refractivity contribution in [2.75, 3.05) is 13.7 Å². The first-order valence-corrected chi connectivity index (χ1v) is 7.93. The van der Waals surface area contributed by atoms with E-state index in [0.29, 0.717) is 29.9 Å². The molecule has 1 heterocycles. The van der Waals surface area contributed by atoms with Crippen molar-refractivity contribution in [3.8, 4) is 11.5 Å². The molecule has 0 bridgehead atoms. The third kappa shape index (κ3) is 3.42. The molecule has 1 aliphatic rings. The summed E-state index contributed by atoms with van der Waals surface area (Å²) in [6.45, 7) is 2.07. The Kier molecular flexibility index (Phi) is 4.61. The molecule has 0 saturated heterocycles. The van der Waals surface area contributed by atoms with Crippen molar-refractivity contribution in [3.05, 3.63) is 58.7 Å². The molecule has 0 radical (unpaired) electrons. The number of rotatable bonds is 4. The number of carboxylic acid groups (broad SMARTS) is 1. The van der Waals surface area contributed by atoms with Crippen LogP contribution >= 0.6 is 0 Å². The van der Waals surface area contributed by atoms with E-state index in [9.17, 15) is 9.59 Å². The number of carbonyl (C=O) groups excluding carboxylic acids is 1. The van der Waals surface area contributed by atoms with Gasteiger partial charge in [0.25, 0.3) is 5.91 Å². The van der Waals surface area contributed by atoms with Crippen LogP contribution in [0.1, 0.15) is 31.8 Å². The number of aromatic carboxylic acids is 1. The topological polar surface area (TPSA) is 84.9 Å². The summed E-state index contributed by atoms with van der Waals surface area (Å²) >= 11 is 0. The number of para-hydroxylation sites is 1. The Morgan fingerprint density at radius 1 is 1.28 bits per heavy atom. The zero-order chi connectivity index (χ0) is 18.0. The molecule has 0 spiro atoms. The van der Waals surface area contributed by atoms with Crippen molar-refractivity contribution in [2.24, 2.45) is 0 Å². The second-order valence-corrected chi connectivity index (χ2v) is 5.97. The quantitative estimate of drug-likeness (QED) is 0.892. The number of carbonyl (C=O) groups is 2. The summed E-state index contributed by atoms with van der Waals surface area (Å²) in [4.78, 5) is 23.5. The van der Waals surface area contributed by atoms with E-state index < -0.39 is 5.97 Å². The molecule has 0 fully saturated rings. The van der Waals surface area contributed by atoms with Crippen LogP contribution in [-0.4, -0.2) is 36.7 Å². The van der Waals surface area contributed by atoms with E-state index in [-0.39, 0.29) is 17.5 Å². The molecule has 1 unspecified atom stereocenters. The Morgan fingerprint density at radius 3 is 2.76 bits per heavy atom. The number of nitrogens with one attached hydrogen (secondary N) is 1. The third-order valence-electron chi connectivity index (χ3n) is 4.23. The lowest BCUT2D eigenvalue weighted by Gasteiger charge is -2.27. The van der Waals surface area contributed by atoms with Crippen molar-refractivity contribution >= 4 is 11.9 Å². The van der Waals surface area contributed by atoms with E-state index in [1.165, 1.54) is 18.2 Å². The van der Waals surface area contributed by atoms with E-state index in [1.807, 2.05) is 18.2 Å². The van der Waals surface area contributed by atoms with Crippen molar-refractivity contribution in [1.29, 1.82) is 0 Å². The first kappa shape index (κ1) is 16.8. The molecular weight excluding hydrogens is 322 g/mol. The first-order valence-electron chi connectivity index (χ1n) is 7.93. The number of hydrogen-bond acceptors (Lipinski definition) is 4. The average molecular weight is 341 g/mol. The molecule has 2 aromatic rings. The highest BCUT2D eigenvalue weighted by Gasteiger charge is 2.24. The highest BCUT2D eigenvalue weighted by Crippen LogP contribution is 2.34. The standard InChI is InChI=1S/C19H19NO5/c1-11-8-13(19(22)23)6-7-15(11)18(21)20-14-9-12-4-3-5-16(24-2)17(12)25-10-14/h3-8,14H,9-10H2,1-2H3,(H,20,21)(H,22,23). The molecule has 25 heavy (non-hydrogen) atoms. The van der Waals surface area contributed by atoms with Crippen LogP contribution in [-0.2, 0) is 6.42 Å². The number of ether oxygens (including phenoxy) is 2. The largest absolute Gasteiger partial charge is 0.493 e. The molecule has 1 aliphatic heterocycles. The summed E-state index contributed by atoms with van der Waals surface area (Å²) in [6.07, 6.45) is 0.643. The molecule has 2 aromatic carbocycles. The maximum atomic E-state index is 12.5. The zero-order valence-corrected chi connectivity index (χ0v) is 14.0. The molecule has 0 saturated carbocycles. The summed E-state index contributed by atoms with van der Waals surface area (Å²) in [5.74, 6) is 0.149. The van der Waals surface area contributed by atoms with E-state index in [2.05, 4.69) is 5.32 Å². The molecular formula is C19H19NO5. The molecule has 0 aromatic heterocycles. The maximum Gasteiger partial charge on any atom is 0.335 e. The van der Waals surface area contributed by atoms with Gasteiger partial charge in [0.2, 0.25) is 0 Å². The highest BCUT2D eigenvalue weighted by molar-refractivity contribution is 5.97. The number of carboxylic acids is 1. The van der Waals surface area contributed by atoms with E-state index >= 15 is 0 Å². The van der Waals surface area contributed by atoms with Gasteiger partial charge in [-0.1, -0.05) is 12.1 Å². The van der Waals surface area contributed by atoms with Gasteiger partial charge < -0.3 is 19.9 Å².